The molecule has 1 heterocycles. The molecule has 4 unspecified atom stereocenters. The van der Waals surface area contributed by atoms with Crippen LogP contribution in [0.15, 0.2) is 35.5 Å². The molecule has 0 radical (unpaired) electrons. The van der Waals surface area contributed by atoms with E-state index in [2.05, 4.69) is 43.5 Å². The second-order valence-electron chi connectivity index (χ2n) is 4.72. The van der Waals surface area contributed by atoms with Gasteiger partial charge in [0.15, 0.2) is 0 Å². The molecule has 2 bridgehead atoms. The molecule has 1 saturated carbocycles. The molecule has 1 heteroatoms. The van der Waals surface area contributed by atoms with Crippen LogP contribution in [0.3, 0.4) is 0 Å². The minimum absolute atomic E-state index is 0.555. The van der Waals surface area contributed by atoms with Crippen molar-refractivity contribution in [1.29, 1.82) is 0 Å². The van der Waals surface area contributed by atoms with Gasteiger partial charge in [-0.3, -0.25) is 0 Å². The van der Waals surface area contributed by atoms with Crippen molar-refractivity contribution in [2.75, 3.05) is 6.54 Å². The van der Waals surface area contributed by atoms with Crippen LogP contribution in [0, 0.1) is 17.8 Å². The average Bonchev–Trinajstić information content (AvgIpc) is 2.47. The number of nitrogens with one attached hydrogen (secondary N) is 1. The van der Waals surface area contributed by atoms with Crippen molar-refractivity contribution < 1.29 is 0 Å². The molecule has 0 saturated heterocycles. The molecule has 1 aliphatic heterocycles. The van der Waals surface area contributed by atoms with Gasteiger partial charge in [-0.15, -0.1) is 0 Å². The molecule has 1 fully saturated rings. The summed E-state index contributed by atoms with van der Waals surface area (Å²) >= 11 is 0. The highest BCUT2D eigenvalue weighted by atomic mass is 14.9. The van der Waals surface area contributed by atoms with Gasteiger partial charge in [-0.2, -0.15) is 0 Å². The fraction of sp³-hybridized carbons (Fsp3) is 0.538. The Morgan fingerprint density at radius 3 is 2.64 bits per heavy atom. The van der Waals surface area contributed by atoms with Crippen LogP contribution in [0.4, 0.5) is 0 Å². The first-order valence-corrected chi connectivity index (χ1v) is 5.60. The zero-order valence-electron chi connectivity index (χ0n) is 8.83. The normalized spacial score (nSPS) is 44.4. The highest BCUT2D eigenvalue weighted by Gasteiger charge is 2.38. The van der Waals surface area contributed by atoms with Crippen molar-refractivity contribution in [1.82, 2.24) is 5.32 Å². The summed E-state index contributed by atoms with van der Waals surface area (Å²) in [7, 11) is 0. The van der Waals surface area contributed by atoms with Crippen LogP contribution < -0.4 is 5.32 Å². The van der Waals surface area contributed by atoms with Crippen molar-refractivity contribution in [3.8, 4) is 0 Å². The third-order valence-corrected chi connectivity index (χ3v) is 4.00. The monoisotopic (exact) mass is 187 g/mol. The summed E-state index contributed by atoms with van der Waals surface area (Å²) in [6.45, 7) is 5.69. The topological polar surface area (TPSA) is 12.0 Å². The Kier molecular flexibility index (Phi) is 1.72. The summed E-state index contributed by atoms with van der Waals surface area (Å²) < 4.78 is 0. The van der Waals surface area contributed by atoms with Gasteiger partial charge in [-0.05, 0) is 11.8 Å². The first-order valence-electron chi connectivity index (χ1n) is 5.60. The quantitative estimate of drug-likeness (QED) is 0.574. The Hall–Kier alpha value is -0.820. The molecular weight excluding hydrogens is 170 g/mol. The maximum atomic E-state index is 3.55. The smallest absolute Gasteiger partial charge is 0.0353 e. The highest BCUT2D eigenvalue weighted by Crippen LogP contribution is 2.48. The summed E-state index contributed by atoms with van der Waals surface area (Å²) in [5.74, 6) is 2.03. The predicted molar refractivity (Wildman–Crippen MR) is 58.9 cm³/mol. The largest absolute Gasteiger partial charge is 0.306 e. The Bertz CT molecular complexity index is 334. The predicted octanol–water partition coefficient (Wildman–Crippen LogP) is 2.28. The standard InChI is InChI=1S/C13H17N/c1-8-11-6-10-4-3-5-14-13(10)7-12(8)9(11)2/h3-4,6-10,13-14H,5H2,1-2H3. The summed E-state index contributed by atoms with van der Waals surface area (Å²) in [4.78, 5) is 0. The second kappa shape index (κ2) is 2.83. The molecule has 0 aromatic carbocycles. The van der Waals surface area contributed by atoms with Gasteiger partial charge in [0, 0.05) is 18.5 Å². The van der Waals surface area contributed by atoms with E-state index in [-0.39, 0.29) is 0 Å². The maximum Gasteiger partial charge on any atom is 0.0353 e. The van der Waals surface area contributed by atoms with E-state index in [9.17, 15) is 0 Å². The van der Waals surface area contributed by atoms with Crippen LogP contribution in [-0.4, -0.2) is 12.6 Å². The van der Waals surface area contributed by atoms with E-state index in [1.807, 2.05) is 0 Å². The minimum atomic E-state index is 0.555. The van der Waals surface area contributed by atoms with E-state index in [1.54, 1.807) is 11.1 Å². The van der Waals surface area contributed by atoms with Crippen LogP contribution in [0.1, 0.15) is 13.8 Å². The number of hydrogen-bond acceptors (Lipinski definition) is 1. The molecule has 3 aliphatic carbocycles. The molecule has 1 nitrogen and oxygen atoms in total. The van der Waals surface area contributed by atoms with Gasteiger partial charge in [0.2, 0.25) is 0 Å². The summed E-state index contributed by atoms with van der Waals surface area (Å²) in [6, 6.07) is 0.555. The van der Waals surface area contributed by atoms with E-state index in [1.165, 1.54) is 0 Å². The van der Waals surface area contributed by atoms with Gasteiger partial charge in [0.05, 0.1) is 0 Å². The zero-order valence-corrected chi connectivity index (χ0v) is 8.83. The van der Waals surface area contributed by atoms with Gasteiger partial charge >= 0.3 is 0 Å². The number of hydrogen-bond donors (Lipinski definition) is 1. The molecule has 0 aromatic rings. The third-order valence-electron chi connectivity index (χ3n) is 4.00. The minimum Gasteiger partial charge on any atom is -0.306 e. The Morgan fingerprint density at radius 2 is 1.86 bits per heavy atom. The van der Waals surface area contributed by atoms with Crippen LogP contribution >= 0.6 is 0 Å². The molecule has 74 valence electrons. The van der Waals surface area contributed by atoms with Crippen molar-refractivity contribution in [2.24, 2.45) is 17.8 Å². The van der Waals surface area contributed by atoms with E-state index >= 15 is 0 Å². The van der Waals surface area contributed by atoms with Crippen LogP contribution in [0.25, 0.3) is 0 Å². The van der Waals surface area contributed by atoms with Gasteiger partial charge in [0.1, 0.15) is 0 Å². The van der Waals surface area contributed by atoms with E-state index in [4.69, 9.17) is 0 Å². The van der Waals surface area contributed by atoms with Crippen molar-refractivity contribution >= 4 is 0 Å². The lowest BCUT2D eigenvalue weighted by Crippen LogP contribution is -2.36. The number of allylic oxidation sites excluding steroid dienone is 2. The highest BCUT2D eigenvalue weighted by molar-refractivity contribution is 5.45. The summed E-state index contributed by atoms with van der Waals surface area (Å²) in [6.07, 6.45) is 9.55. The average molecular weight is 187 g/mol. The SMILES string of the molecule is CC1C2=CC3C=CCNC3C=C1C2C. The van der Waals surface area contributed by atoms with Crippen LogP contribution in [0.5, 0.6) is 0 Å². The lowest BCUT2D eigenvalue weighted by atomic mass is 9.67. The molecular formula is C13H17N. The Labute approximate surface area is 85.6 Å². The lowest BCUT2D eigenvalue weighted by Gasteiger charge is -2.37. The summed E-state index contributed by atoms with van der Waals surface area (Å²) in [5.41, 5.74) is 3.30. The lowest BCUT2D eigenvalue weighted by molar-refractivity contribution is 0.510. The second-order valence-corrected chi connectivity index (χ2v) is 4.72. The molecule has 0 amide bonds. The molecule has 14 heavy (non-hydrogen) atoms. The molecule has 1 N–H and O–H groups in total. The Morgan fingerprint density at radius 1 is 1.14 bits per heavy atom. The van der Waals surface area contributed by atoms with Crippen molar-refractivity contribution in [3.63, 3.8) is 0 Å². The van der Waals surface area contributed by atoms with Crippen LogP contribution in [0.2, 0.25) is 0 Å². The van der Waals surface area contributed by atoms with E-state index < -0.39 is 0 Å². The first-order chi connectivity index (χ1) is 6.77. The van der Waals surface area contributed by atoms with Gasteiger partial charge in [0.25, 0.3) is 0 Å². The molecule has 4 atom stereocenters. The van der Waals surface area contributed by atoms with Crippen molar-refractivity contribution in [3.05, 3.63) is 35.5 Å². The van der Waals surface area contributed by atoms with E-state index in [0.29, 0.717) is 23.8 Å². The molecule has 4 aliphatic rings. The summed E-state index contributed by atoms with van der Waals surface area (Å²) in [5, 5.41) is 3.55. The molecule has 0 spiro atoms. The van der Waals surface area contributed by atoms with Crippen LogP contribution in [-0.2, 0) is 0 Å². The molecule has 4 rings (SSSR count). The van der Waals surface area contributed by atoms with E-state index in [0.717, 1.165) is 6.54 Å². The van der Waals surface area contributed by atoms with Gasteiger partial charge < -0.3 is 5.32 Å². The van der Waals surface area contributed by atoms with Crippen molar-refractivity contribution in [2.45, 2.75) is 19.9 Å². The zero-order chi connectivity index (χ0) is 9.71. The van der Waals surface area contributed by atoms with Gasteiger partial charge in [-0.1, -0.05) is 49.3 Å². The number of rotatable bonds is 0. The fourth-order valence-corrected chi connectivity index (χ4v) is 3.06. The molecule has 0 aromatic heterocycles. The fourth-order valence-electron chi connectivity index (χ4n) is 3.06. The van der Waals surface area contributed by atoms with Gasteiger partial charge in [-0.25, -0.2) is 0 Å². The maximum absolute atomic E-state index is 3.55. The first kappa shape index (κ1) is 8.49. The Balaban J connectivity index is 2.04. The third kappa shape index (κ3) is 0.992.